The highest BCUT2D eigenvalue weighted by Crippen LogP contribution is 2.37. The summed E-state index contributed by atoms with van der Waals surface area (Å²) in [5.41, 5.74) is 1.90. The van der Waals surface area contributed by atoms with E-state index in [9.17, 15) is 9.59 Å². The number of carbonyl (C=O) groups excluding carboxylic acids is 1. The SMILES string of the molecule is CCOC(=O)C1=C(C)N=c2s/c(=C\c3ccc(-c4cccc(Br)c4)o3)c(=O)n2C1c1cc(OC)ccc1OC. The minimum atomic E-state index is -0.832. The molecule has 1 aliphatic rings. The predicted octanol–water partition coefficient (Wildman–Crippen LogP) is 4.84. The molecule has 0 aliphatic carbocycles. The first-order chi connectivity index (χ1) is 18.8. The van der Waals surface area contributed by atoms with Crippen LogP contribution in [0.2, 0.25) is 0 Å². The van der Waals surface area contributed by atoms with E-state index in [1.165, 1.54) is 23.0 Å². The summed E-state index contributed by atoms with van der Waals surface area (Å²) < 4.78 is 25.3. The molecule has 8 nitrogen and oxygen atoms in total. The molecule has 2 aromatic carbocycles. The molecule has 200 valence electrons. The molecule has 5 rings (SSSR count). The van der Waals surface area contributed by atoms with Crippen LogP contribution in [0.4, 0.5) is 0 Å². The van der Waals surface area contributed by atoms with Crippen LogP contribution in [0.15, 0.2) is 84.5 Å². The highest BCUT2D eigenvalue weighted by atomic mass is 79.9. The summed E-state index contributed by atoms with van der Waals surface area (Å²) in [5.74, 6) is 1.70. The molecule has 39 heavy (non-hydrogen) atoms. The Labute approximate surface area is 236 Å². The number of esters is 1. The number of nitrogens with zero attached hydrogens (tertiary/aromatic N) is 2. The molecular weight excluding hydrogens is 584 g/mol. The summed E-state index contributed by atoms with van der Waals surface area (Å²) in [4.78, 5) is 32.1. The normalized spacial score (nSPS) is 15.1. The minimum Gasteiger partial charge on any atom is -0.497 e. The molecule has 0 fully saturated rings. The Hall–Kier alpha value is -3.89. The zero-order valence-electron chi connectivity index (χ0n) is 21.7. The van der Waals surface area contributed by atoms with Crippen molar-refractivity contribution >= 4 is 39.3 Å². The number of methoxy groups -OCH3 is 2. The van der Waals surface area contributed by atoms with Gasteiger partial charge in [0.25, 0.3) is 5.56 Å². The number of allylic oxidation sites excluding steroid dienone is 1. The maximum absolute atomic E-state index is 13.9. The topological polar surface area (TPSA) is 92.3 Å². The highest BCUT2D eigenvalue weighted by Gasteiger charge is 2.35. The van der Waals surface area contributed by atoms with Gasteiger partial charge in [0.1, 0.15) is 29.1 Å². The van der Waals surface area contributed by atoms with Crippen molar-refractivity contribution in [3.8, 4) is 22.8 Å². The maximum Gasteiger partial charge on any atom is 0.338 e. The van der Waals surface area contributed by atoms with Gasteiger partial charge < -0.3 is 18.6 Å². The fourth-order valence-corrected chi connectivity index (χ4v) is 5.92. The number of thiazole rings is 1. The Morgan fingerprint density at radius 2 is 1.97 bits per heavy atom. The van der Waals surface area contributed by atoms with E-state index >= 15 is 0 Å². The molecule has 1 aliphatic heterocycles. The first-order valence-electron chi connectivity index (χ1n) is 12.1. The van der Waals surface area contributed by atoms with Gasteiger partial charge in [-0.2, -0.15) is 0 Å². The Morgan fingerprint density at radius 1 is 1.15 bits per heavy atom. The zero-order chi connectivity index (χ0) is 27.7. The number of hydrogen-bond donors (Lipinski definition) is 0. The summed E-state index contributed by atoms with van der Waals surface area (Å²) in [6, 6.07) is 15.9. The van der Waals surface area contributed by atoms with Crippen LogP contribution in [0.25, 0.3) is 17.4 Å². The number of aromatic nitrogens is 1. The lowest BCUT2D eigenvalue weighted by atomic mass is 9.95. The number of fused-ring (bicyclic) bond motifs is 1. The van der Waals surface area contributed by atoms with E-state index in [-0.39, 0.29) is 17.7 Å². The molecule has 0 N–H and O–H groups in total. The van der Waals surface area contributed by atoms with Crippen molar-refractivity contribution in [1.82, 2.24) is 4.57 Å². The molecule has 0 amide bonds. The van der Waals surface area contributed by atoms with Crippen molar-refractivity contribution in [2.24, 2.45) is 4.99 Å². The maximum atomic E-state index is 13.9. The van der Waals surface area contributed by atoms with E-state index in [4.69, 9.17) is 18.6 Å². The summed E-state index contributed by atoms with van der Waals surface area (Å²) >= 11 is 4.70. The second-order valence-corrected chi connectivity index (χ2v) is 10.5. The molecule has 10 heteroatoms. The minimum absolute atomic E-state index is 0.181. The lowest BCUT2D eigenvalue weighted by Crippen LogP contribution is -2.40. The fraction of sp³-hybridized carbons (Fsp3) is 0.207. The number of furan rings is 1. The van der Waals surface area contributed by atoms with E-state index in [1.54, 1.807) is 45.2 Å². The average molecular weight is 609 g/mol. The van der Waals surface area contributed by atoms with E-state index in [1.807, 2.05) is 36.4 Å². The molecule has 2 aromatic heterocycles. The third-order valence-electron chi connectivity index (χ3n) is 6.26. The summed E-state index contributed by atoms with van der Waals surface area (Å²) in [5, 5.41) is 0. The average Bonchev–Trinajstić information content (AvgIpc) is 3.52. The van der Waals surface area contributed by atoms with Crippen molar-refractivity contribution in [1.29, 1.82) is 0 Å². The summed E-state index contributed by atoms with van der Waals surface area (Å²) in [6.45, 7) is 3.65. The quantitative estimate of drug-likeness (QED) is 0.279. The largest absolute Gasteiger partial charge is 0.497 e. The van der Waals surface area contributed by atoms with Gasteiger partial charge in [0, 0.05) is 21.7 Å². The van der Waals surface area contributed by atoms with Gasteiger partial charge in [-0.1, -0.05) is 39.4 Å². The molecule has 0 saturated heterocycles. The first-order valence-corrected chi connectivity index (χ1v) is 13.7. The Morgan fingerprint density at radius 3 is 2.69 bits per heavy atom. The lowest BCUT2D eigenvalue weighted by molar-refractivity contribution is -0.139. The van der Waals surface area contributed by atoms with Gasteiger partial charge in [-0.05, 0) is 56.3 Å². The second kappa shape index (κ2) is 11.1. The van der Waals surface area contributed by atoms with Gasteiger partial charge in [0.2, 0.25) is 0 Å². The van der Waals surface area contributed by atoms with Crippen LogP contribution in [-0.4, -0.2) is 31.4 Å². The van der Waals surface area contributed by atoms with Crippen LogP contribution in [0.5, 0.6) is 11.5 Å². The van der Waals surface area contributed by atoms with Gasteiger partial charge >= 0.3 is 5.97 Å². The van der Waals surface area contributed by atoms with Gasteiger partial charge in [-0.15, -0.1) is 0 Å². The molecule has 0 saturated carbocycles. The molecule has 4 aromatic rings. The Balaban J connectivity index is 1.69. The van der Waals surface area contributed by atoms with Crippen LogP contribution in [-0.2, 0) is 9.53 Å². The fourth-order valence-electron chi connectivity index (χ4n) is 4.50. The number of halogens is 1. The molecular formula is C29H25BrN2O6S. The summed E-state index contributed by atoms with van der Waals surface area (Å²) in [6.07, 6.45) is 1.69. The first kappa shape index (κ1) is 26.7. The van der Waals surface area contributed by atoms with Crippen LogP contribution >= 0.6 is 27.3 Å². The standard InChI is InChI=1S/C29H25BrN2O6S/c1-5-37-28(34)25-16(2)31-29-32(26(25)21-14-19(35-3)9-12-23(21)36-4)27(33)24(39-29)15-20-10-11-22(38-20)17-7-6-8-18(30)13-17/h6-15,26H,5H2,1-4H3/b24-15-. The predicted molar refractivity (Wildman–Crippen MR) is 152 cm³/mol. The number of ether oxygens (including phenoxy) is 3. The van der Waals surface area contributed by atoms with Crippen molar-refractivity contribution in [2.45, 2.75) is 19.9 Å². The highest BCUT2D eigenvalue weighted by molar-refractivity contribution is 9.10. The number of rotatable bonds is 7. The van der Waals surface area contributed by atoms with Gasteiger partial charge in [-0.3, -0.25) is 9.36 Å². The van der Waals surface area contributed by atoms with Crippen molar-refractivity contribution < 1.29 is 23.4 Å². The van der Waals surface area contributed by atoms with Gasteiger partial charge in [0.05, 0.1) is 36.6 Å². The van der Waals surface area contributed by atoms with E-state index in [0.29, 0.717) is 43.6 Å². The molecule has 3 heterocycles. The molecule has 0 radical (unpaired) electrons. The van der Waals surface area contributed by atoms with E-state index < -0.39 is 12.0 Å². The van der Waals surface area contributed by atoms with Gasteiger partial charge in [0.15, 0.2) is 4.80 Å². The van der Waals surface area contributed by atoms with Crippen molar-refractivity contribution in [3.05, 3.63) is 101 Å². The smallest absolute Gasteiger partial charge is 0.338 e. The molecule has 1 unspecified atom stereocenters. The lowest BCUT2D eigenvalue weighted by Gasteiger charge is -2.26. The van der Waals surface area contributed by atoms with Crippen LogP contribution in [0.3, 0.4) is 0 Å². The number of benzene rings is 2. The third-order valence-corrected chi connectivity index (χ3v) is 7.73. The monoisotopic (exact) mass is 608 g/mol. The van der Waals surface area contributed by atoms with Crippen molar-refractivity contribution in [3.63, 3.8) is 0 Å². The molecule has 0 bridgehead atoms. The van der Waals surface area contributed by atoms with Crippen molar-refractivity contribution in [2.75, 3.05) is 20.8 Å². The molecule has 1 atom stereocenters. The van der Waals surface area contributed by atoms with Crippen LogP contribution in [0.1, 0.15) is 31.2 Å². The Kier molecular flexibility index (Phi) is 7.58. The van der Waals surface area contributed by atoms with E-state index in [2.05, 4.69) is 20.9 Å². The summed E-state index contributed by atoms with van der Waals surface area (Å²) in [7, 11) is 3.09. The second-order valence-electron chi connectivity index (χ2n) is 8.62. The van der Waals surface area contributed by atoms with Crippen LogP contribution < -0.4 is 24.4 Å². The Bertz CT molecular complexity index is 1780. The van der Waals surface area contributed by atoms with Gasteiger partial charge in [-0.25, -0.2) is 9.79 Å². The number of hydrogen-bond acceptors (Lipinski definition) is 8. The molecule has 0 spiro atoms. The zero-order valence-corrected chi connectivity index (χ0v) is 24.1. The van der Waals surface area contributed by atoms with Crippen LogP contribution in [0, 0.1) is 0 Å². The number of carbonyl (C=O) groups is 1. The third kappa shape index (κ3) is 5.09. The van der Waals surface area contributed by atoms with E-state index in [0.717, 1.165) is 10.0 Å².